The minimum atomic E-state index is -0.481. The number of carbonyl (C=O) groups is 2. The number of hydrogen-bond donors (Lipinski definition) is 1. The number of halogens is 1. The molecule has 152 valence electrons. The summed E-state index contributed by atoms with van der Waals surface area (Å²) in [5.41, 5.74) is 0.795. The molecule has 1 N–H and O–H groups in total. The second-order valence-electron chi connectivity index (χ2n) is 6.69. The largest absolute Gasteiger partial charge is 0.339 e. The number of nitrogens with zero attached hydrogens (tertiary/aromatic N) is 2. The second-order valence-corrected chi connectivity index (χ2v) is 8.54. The molecule has 0 aromatic heterocycles. The van der Waals surface area contributed by atoms with E-state index in [1.54, 1.807) is 42.2 Å². The van der Waals surface area contributed by atoms with Crippen molar-refractivity contribution in [1.29, 1.82) is 0 Å². The van der Waals surface area contributed by atoms with E-state index < -0.39 is 10.2 Å². The van der Waals surface area contributed by atoms with Crippen LogP contribution in [0.1, 0.15) is 30.1 Å². The molecule has 1 aliphatic rings. The number of nitro groups is 1. The zero-order valence-corrected chi connectivity index (χ0v) is 17.3. The van der Waals surface area contributed by atoms with E-state index in [-0.39, 0.29) is 17.5 Å². The maximum atomic E-state index is 12.8. The third kappa shape index (κ3) is 5.27. The van der Waals surface area contributed by atoms with Gasteiger partial charge in [0.1, 0.15) is 0 Å². The first kappa shape index (κ1) is 21.1. The predicted octanol–water partition coefficient (Wildman–Crippen LogP) is 4.60. The highest BCUT2D eigenvalue weighted by atomic mass is 35.5. The van der Waals surface area contributed by atoms with Crippen molar-refractivity contribution < 1.29 is 14.5 Å². The highest BCUT2D eigenvalue weighted by molar-refractivity contribution is 8.00. The fourth-order valence-electron chi connectivity index (χ4n) is 3.04. The van der Waals surface area contributed by atoms with Gasteiger partial charge in [-0.2, -0.15) is 0 Å². The van der Waals surface area contributed by atoms with Crippen molar-refractivity contribution in [3.05, 3.63) is 63.2 Å². The Morgan fingerprint density at radius 3 is 2.45 bits per heavy atom. The molecule has 1 atom stereocenters. The fraction of sp³-hybridized carbons (Fsp3) is 0.300. The first-order chi connectivity index (χ1) is 13.8. The molecule has 0 aliphatic carbocycles. The van der Waals surface area contributed by atoms with Crippen LogP contribution in [0.15, 0.2) is 47.4 Å². The Hall–Kier alpha value is -2.58. The van der Waals surface area contributed by atoms with Crippen LogP contribution in [0.3, 0.4) is 0 Å². The van der Waals surface area contributed by atoms with Gasteiger partial charge in [-0.25, -0.2) is 0 Å². The van der Waals surface area contributed by atoms with Crippen LogP contribution in [0.4, 0.5) is 11.4 Å². The molecule has 1 heterocycles. The quantitative estimate of drug-likeness (QED) is 0.408. The molecular weight excluding hydrogens is 414 g/mol. The third-order valence-corrected chi connectivity index (χ3v) is 5.94. The zero-order valence-electron chi connectivity index (χ0n) is 15.8. The van der Waals surface area contributed by atoms with Gasteiger partial charge in [0.25, 0.3) is 11.6 Å². The van der Waals surface area contributed by atoms with Crippen LogP contribution in [0.2, 0.25) is 5.02 Å². The number of anilines is 1. The number of benzene rings is 2. The summed E-state index contributed by atoms with van der Waals surface area (Å²) < 4.78 is 0. The summed E-state index contributed by atoms with van der Waals surface area (Å²) in [4.78, 5) is 38.3. The molecule has 0 bridgehead atoms. The SMILES string of the molecule is CC(Sc1ccc([N+](=O)[O-])cc1)C(=O)Nc1cc(Cl)ccc1C(=O)N1CCCC1. The third-order valence-electron chi connectivity index (χ3n) is 4.59. The highest BCUT2D eigenvalue weighted by Gasteiger charge is 2.24. The van der Waals surface area contributed by atoms with E-state index in [4.69, 9.17) is 11.6 Å². The Labute approximate surface area is 177 Å². The number of nitrogens with one attached hydrogen (secondary N) is 1. The van der Waals surface area contributed by atoms with Crippen LogP contribution >= 0.6 is 23.4 Å². The van der Waals surface area contributed by atoms with Crippen LogP contribution in [-0.4, -0.2) is 40.0 Å². The molecule has 2 aromatic rings. The molecule has 3 rings (SSSR count). The maximum absolute atomic E-state index is 12.8. The lowest BCUT2D eigenvalue weighted by atomic mass is 10.1. The van der Waals surface area contributed by atoms with Crippen molar-refractivity contribution in [2.45, 2.75) is 29.9 Å². The fourth-order valence-corrected chi connectivity index (χ4v) is 4.07. The molecule has 1 unspecified atom stereocenters. The molecule has 1 aliphatic heterocycles. The lowest BCUT2D eigenvalue weighted by Gasteiger charge is -2.19. The van der Waals surface area contributed by atoms with Crippen LogP contribution < -0.4 is 5.32 Å². The van der Waals surface area contributed by atoms with Crippen molar-refractivity contribution >= 4 is 46.6 Å². The molecule has 0 spiro atoms. The number of hydrogen-bond acceptors (Lipinski definition) is 5. The Balaban J connectivity index is 1.71. The summed E-state index contributed by atoms with van der Waals surface area (Å²) in [6, 6.07) is 10.9. The van der Waals surface area contributed by atoms with Gasteiger partial charge in [-0.15, -0.1) is 11.8 Å². The van der Waals surface area contributed by atoms with Crippen molar-refractivity contribution in [2.24, 2.45) is 0 Å². The minimum Gasteiger partial charge on any atom is -0.339 e. The number of non-ortho nitro benzene ring substituents is 1. The molecule has 0 saturated carbocycles. The van der Waals surface area contributed by atoms with Gasteiger partial charge in [0, 0.05) is 35.1 Å². The second kappa shape index (κ2) is 9.28. The molecule has 29 heavy (non-hydrogen) atoms. The summed E-state index contributed by atoms with van der Waals surface area (Å²) >= 11 is 7.35. The van der Waals surface area contributed by atoms with E-state index in [1.807, 2.05) is 0 Å². The molecule has 2 amide bonds. The van der Waals surface area contributed by atoms with Gasteiger partial charge in [0.15, 0.2) is 0 Å². The highest BCUT2D eigenvalue weighted by Crippen LogP contribution is 2.28. The average molecular weight is 434 g/mol. The van der Waals surface area contributed by atoms with Crippen molar-refractivity contribution in [1.82, 2.24) is 4.90 Å². The van der Waals surface area contributed by atoms with Crippen molar-refractivity contribution in [3.8, 4) is 0 Å². The van der Waals surface area contributed by atoms with Crippen LogP contribution in [0.25, 0.3) is 0 Å². The number of rotatable bonds is 6. The maximum Gasteiger partial charge on any atom is 0.269 e. The topological polar surface area (TPSA) is 92.5 Å². The summed E-state index contributed by atoms with van der Waals surface area (Å²) in [6.45, 7) is 3.15. The van der Waals surface area contributed by atoms with Gasteiger partial charge in [-0.1, -0.05) is 11.6 Å². The summed E-state index contributed by atoms with van der Waals surface area (Å²) in [5.74, 6) is -0.406. The summed E-state index contributed by atoms with van der Waals surface area (Å²) in [7, 11) is 0. The zero-order chi connectivity index (χ0) is 21.0. The van der Waals surface area contributed by atoms with E-state index in [1.165, 1.54) is 23.9 Å². The van der Waals surface area contributed by atoms with Crippen molar-refractivity contribution in [3.63, 3.8) is 0 Å². The average Bonchev–Trinajstić information content (AvgIpc) is 3.23. The van der Waals surface area contributed by atoms with Gasteiger partial charge in [-0.05, 0) is 50.1 Å². The smallest absolute Gasteiger partial charge is 0.269 e. The van der Waals surface area contributed by atoms with Gasteiger partial charge in [0.05, 0.1) is 21.4 Å². The van der Waals surface area contributed by atoms with Gasteiger partial charge < -0.3 is 10.2 Å². The molecular formula is C20H20ClN3O4S. The van der Waals surface area contributed by atoms with E-state index in [9.17, 15) is 19.7 Å². The Morgan fingerprint density at radius 2 is 1.83 bits per heavy atom. The Kier molecular flexibility index (Phi) is 6.76. The van der Waals surface area contributed by atoms with E-state index in [0.717, 1.165) is 17.7 Å². The first-order valence-electron chi connectivity index (χ1n) is 9.16. The number of carbonyl (C=O) groups excluding carboxylic acids is 2. The normalized spacial score (nSPS) is 14.5. The van der Waals surface area contributed by atoms with Gasteiger partial charge in [0.2, 0.25) is 5.91 Å². The molecule has 2 aromatic carbocycles. The van der Waals surface area contributed by atoms with Crippen molar-refractivity contribution in [2.75, 3.05) is 18.4 Å². The number of thioether (sulfide) groups is 1. The lowest BCUT2D eigenvalue weighted by Crippen LogP contribution is -2.30. The Bertz CT molecular complexity index is 930. The van der Waals surface area contributed by atoms with E-state index in [0.29, 0.717) is 29.4 Å². The Morgan fingerprint density at radius 1 is 1.17 bits per heavy atom. The standard InChI is InChI=1S/C20H20ClN3O4S/c1-13(29-16-7-5-15(6-8-16)24(27)28)19(25)22-18-12-14(21)4-9-17(18)20(26)23-10-2-3-11-23/h4-9,12-13H,2-3,10-11H2,1H3,(H,22,25). The number of amides is 2. The van der Waals surface area contributed by atoms with E-state index >= 15 is 0 Å². The molecule has 7 nitrogen and oxygen atoms in total. The molecule has 9 heteroatoms. The predicted molar refractivity (Wildman–Crippen MR) is 114 cm³/mol. The van der Waals surface area contributed by atoms with Gasteiger partial charge in [-0.3, -0.25) is 19.7 Å². The first-order valence-corrected chi connectivity index (χ1v) is 10.4. The molecule has 1 fully saturated rings. The summed E-state index contributed by atoms with van der Waals surface area (Å²) in [6.07, 6.45) is 1.95. The van der Waals surface area contributed by atoms with Crippen LogP contribution in [0.5, 0.6) is 0 Å². The molecule has 1 saturated heterocycles. The number of likely N-dealkylation sites (tertiary alicyclic amines) is 1. The van der Waals surface area contributed by atoms with Gasteiger partial charge >= 0.3 is 0 Å². The van der Waals surface area contributed by atoms with E-state index in [2.05, 4.69) is 5.32 Å². The minimum absolute atomic E-state index is 0.00421. The summed E-state index contributed by atoms with van der Waals surface area (Å²) in [5, 5.41) is 13.5. The van der Waals surface area contributed by atoms with Crippen LogP contribution in [0, 0.1) is 10.1 Å². The van der Waals surface area contributed by atoms with Crippen LogP contribution in [-0.2, 0) is 4.79 Å². The lowest BCUT2D eigenvalue weighted by molar-refractivity contribution is -0.384. The monoisotopic (exact) mass is 433 g/mol. The number of nitro benzene ring substituents is 1. The molecule has 0 radical (unpaired) electrons.